The lowest BCUT2D eigenvalue weighted by atomic mass is 9.82. The Kier molecular flexibility index (Phi) is 7.31. The zero-order chi connectivity index (χ0) is 39.2. The van der Waals surface area contributed by atoms with E-state index in [1.165, 1.54) is 60.3 Å². The molecule has 1 aliphatic carbocycles. The van der Waals surface area contributed by atoms with Crippen LogP contribution in [0.1, 0.15) is 25.0 Å². The van der Waals surface area contributed by atoms with Crippen LogP contribution in [0.25, 0.3) is 87.6 Å². The molecular formula is C57H39NO. The molecule has 0 amide bonds. The minimum Gasteiger partial charge on any atom is -0.455 e. The van der Waals surface area contributed by atoms with Crippen LogP contribution >= 0.6 is 0 Å². The maximum Gasteiger partial charge on any atom is 0.143 e. The van der Waals surface area contributed by atoms with Gasteiger partial charge in [0.1, 0.15) is 11.2 Å². The molecule has 0 atom stereocenters. The Bertz CT molecular complexity index is 3480. The van der Waals surface area contributed by atoms with Crippen molar-refractivity contribution in [3.05, 3.63) is 211 Å². The molecule has 0 unspecified atom stereocenters. The molecule has 2 nitrogen and oxygen atoms in total. The van der Waals surface area contributed by atoms with Crippen LogP contribution in [0.5, 0.6) is 0 Å². The molecule has 1 aromatic heterocycles. The number of nitrogens with zero attached hydrogens (tertiary/aromatic N) is 1. The highest BCUT2D eigenvalue weighted by molar-refractivity contribution is 6.19. The fraction of sp³-hybridized carbons (Fsp3) is 0.0526. The molecule has 0 saturated carbocycles. The van der Waals surface area contributed by atoms with Crippen molar-refractivity contribution in [3.63, 3.8) is 0 Å². The van der Waals surface area contributed by atoms with Crippen LogP contribution in [0, 0.1) is 0 Å². The third-order valence-electron chi connectivity index (χ3n) is 12.8. The summed E-state index contributed by atoms with van der Waals surface area (Å²) in [5.41, 5.74) is 15.2. The molecular weight excluding hydrogens is 715 g/mol. The van der Waals surface area contributed by atoms with E-state index in [1.54, 1.807) is 0 Å². The summed E-state index contributed by atoms with van der Waals surface area (Å²) in [5, 5.41) is 9.50. The van der Waals surface area contributed by atoms with Gasteiger partial charge in [0.15, 0.2) is 0 Å². The molecule has 1 aliphatic rings. The first-order valence-corrected chi connectivity index (χ1v) is 20.5. The summed E-state index contributed by atoms with van der Waals surface area (Å²) in [5.74, 6) is 0. The highest BCUT2D eigenvalue weighted by Gasteiger charge is 2.35. The van der Waals surface area contributed by atoms with E-state index in [0.29, 0.717) is 0 Å². The van der Waals surface area contributed by atoms with Gasteiger partial charge in [-0.25, -0.2) is 0 Å². The Morgan fingerprint density at radius 1 is 0.356 bits per heavy atom. The van der Waals surface area contributed by atoms with E-state index in [1.807, 2.05) is 0 Å². The molecule has 0 aliphatic heterocycles. The van der Waals surface area contributed by atoms with Crippen LogP contribution in [0.4, 0.5) is 17.1 Å². The predicted molar refractivity (Wildman–Crippen MR) is 249 cm³/mol. The fourth-order valence-electron chi connectivity index (χ4n) is 9.77. The van der Waals surface area contributed by atoms with Crippen molar-refractivity contribution in [2.24, 2.45) is 0 Å². The van der Waals surface area contributed by atoms with Crippen LogP contribution in [-0.4, -0.2) is 0 Å². The van der Waals surface area contributed by atoms with Gasteiger partial charge in [-0.2, -0.15) is 0 Å². The summed E-state index contributed by atoms with van der Waals surface area (Å²) in [6.07, 6.45) is 0. The first-order chi connectivity index (χ1) is 29.0. The highest BCUT2D eigenvalue weighted by Crippen LogP contribution is 2.51. The number of hydrogen-bond acceptors (Lipinski definition) is 2. The van der Waals surface area contributed by atoms with Gasteiger partial charge in [0.25, 0.3) is 0 Å². The Balaban J connectivity index is 0.973. The average Bonchev–Trinajstić information content (AvgIpc) is 3.77. The first-order valence-electron chi connectivity index (χ1n) is 20.5. The Hall–Kier alpha value is -7.42. The molecule has 278 valence electrons. The Morgan fingerprint density at radius 2 is 0.949 bits per heavy atom. The van der Waals surface area contributed by atoms with E-state index < -0.39 is 0 Å². The van der Waals surface area contributed by atoms with Crippen molar-refractivity contribution in [2.75, 3.05) is 4.90 Å². The van der Waals surface area contributed by atoms with Gasteiger partial charge in [0.2, 0.25) is 0 Å². The first kappa shape index (κ1) is 33.7. The lowest BCUT2D eigenvalue weighted by Crippen LogP contribution is -2.16. The summed E-state index contributed by atoms with van der Waals surface area (Å²) in [7, 11) is 0. The minimum atomic E-state index is -0.0979. The molecule has 0 saturated heterocycles. The fourth-order valence-corrected chi connectivity index (χ4v) is 9.77. The average molecular weight is 754 g/mol. The molecule has 0 radical (unpaired) electrons. The summed E-state index contributed by atoms with van der Waals surface area (Å²) < 4.78 is 6.66. The van der Waals surface area contributed by atoms with E-state index in [9.17, 15) is 0 Å². The number of anilines is 3. The number of furan rings is 1. The largest absolute Gasteiger partial charge is 0.455 e. The van der Waals surface area contributed by atoms with Crippen LogP contribution in [-0.2, 0) is 5.41 Å². The SMILES string of the molecule is CC1(C)c2ccccc2-c2ccc(N(c3ccc(-c4ccc5oc6c7ccccc7c(-c7ccc8ccccc8c7)cc6c5c4)cc3)c3ccc4ccccc4c3)cc21. The third-order valence-corrected chi connectivity index (χ3v) is 12.8. The maximum absolute atomic E-state index is 6.66. The Morgan fingerprint density at radius 3 is 1.76 bits per heavy atom. The molecule has 2 heteroatoms. The standard InChI is InChI=1S/C57H39NO/c1-57(2)53-18-10-9-16-47(53)48-29-28-45(34-54(48)57)58(44-27-23-37-12-4-6-14-40(37)32-44)43-25-21-38(22-26-43)41-24-30-55-51(33-41)52-35-50(46-15-7-8-17-49(46)56(52)59-55)42-20-19-36-11-3-5-13-39(36)31-42/h3-35H,1-2H3. The van der Waals surface area contributed by atoms with Crippen molar-refractivity contribution in [2.45, 2.75) is 19.3 Å². The molecule has 0 fully saturated rings. The highest BCUT2D eigenvalue weighted by atomic mass is 16.3. The van der Waals surface area contributed by atoms with E-state index in [0.717, 1.165) is 55.5 Å². The van der Waals surface area contributed by atoms with Crippen molar-refractivity contribution in [3.8, 4) is 33.4 Å². The molecule has 1 heterocycles. The zero-order valence-electron chi connectivity index (χ0n) is 32.9. The van der Waals surface area contributed by atoms with Crippen molar-refractivity contribution >= 4 is 71.3 Å². The third kappa shape index (κ3) is 5.26. The molecule has 0 N–H and O–H groups in total. The van der Waals surface area contributed by atoms with E-state index in [2.05, 4.69) is 219 Å². The summed E-state index contributed by atoms with van der Waals surface area (Å²) in [4.78, 5) is 2.40. The van der Waals surface area contributed by atoms with Gasteiger partial charge >= 0.3 is 0 Å². The number of rotatable bonds is 5. The van der Waals surface area contributed by atoms with Crippen molar-refractivity contribution in [1.82, 2.24) is 0 Å². The van der Waals surface area contributed by atoms with E-state index >= 15 is 0 Å². The van der Waals surface area contributed by atoms with Gasteiger partial charge in [0, 0.05) is 38.6 Å². The molecule has 10 aromatic carbocycles. The van der Waals surface area contributed by atoms with Crippen LogP contribution in [0.15, 0.2) is 205 Å². The quantitative estimate of drug-likeness (QED) is 0.174. The topological polar surface area (TPSA) is 16.4 Å². The summed E-state index contributed by atoms with van der Waals surface area (Å²) >= 11 is 0. The van der Waals surface area contributed by atoms with Gasteiger partial charge in [0.05, 0.1) is 0 Å². The van der Waals surface area contributed by atoms with Crippen molar-refractivity contribution < 1.29 is 4.42 Å². The molecule has 59 heavy (non-hydrogen) atoms. The second-order valence-corrected chi connectivity index (χ2v) is 16.5. The molecule has 12 rings (SSSR count). The van der Waals surface area contributed by atoms with Crippen LogP contribution < -0.4 is 4.90 Å². The second kappa shape index (κ2) is 12.8. The number of benzene rings is 10. The van der Waals surface area contributed by atoms with Gasteiger partial charge in [-0.1, -0.05) is 153 Å². The predicted octanol–water partition coefficient (Wildman–Crippen LogP) is 16.2. The van der Waals surface area contributed by atoms with Gasteiger partial charge < -0.3 is 9.32 Å². The normalized spacial score (nSPS) is 13.1. The van der Waals surface area contributed by atoms with Gasteiger partial charge in [-0.05, 0) is 132 Å². The smallest absolute Gasteiger partial charge is 0.143 e. The maximum atomic E-state index is 6.66. The molecule has 0 bridgehead atoms. The summed E-state index contributed by atoms with van der Waals surface area (Å²) in [6.45, 7) is 4.70. The monoisotopic (exact) mass is 753 g/mol. The van der Waals surface area contributed by atoms with E-state index in [-0.39, 0.29) is 5.41 Å². The van der Waals surface area contributed by atoms with E-state index in [4.69, 9.17) is 4.42 Å². The minimum absolute atomic E-state index is 0.0979. The lowest BCUT2D eigenvalue weighted by Gasteiger charge is -2.28. The number of fused-ring (bicyclic) bond motifs is 10. The number of hydrogen-bond donors (Lipinski definition) is 0. The lowest BCUT2D eigenvalue weighted by molar-refractivity contribution is 0.660. The molecule has 11 aromatic rings. The van der Waals surface area contributed by atoms with Crippen LogP contribution in [0.3, 0.4) is 0 Å². The summed E-state index contributed by atoms with van der Waals surface area (Å²) in [6, 6.07) is 73.2. The Labute approximate surface area is 343 Å². The zero-order valence-corrected chi connectivity index (χ0v) is 32.9. The van der Waals surface area contributed by atoms with Crippen molar-refractivity contribution in [1.29, 1.82) is 0 Å². The van der Waals surface area contributed by atoms with Gasteiger partial charge in [-0.3, -0.25) is 0 Å². The second-order valence-electron chi connectivity index (χ2n) is 16.5. The molecule has 0 spiro atoms. The van der Waals surface area contributed by atoms with Gasteiger partial charge in [-0.15, -0.1) is 0 Å². The van der Waals surface area contributed by atoms with Crippen LogP contribution in [0.2, 0.25) is 0 Å².